The number of aliphatic carboxylic acids is 2. The lowest BCUT2D eigenvalue weighted by atomic mass is 10.0. The van der Waals surface area contributed by atoms with Crippen molar-refractivity contribution in [2.45, 2.75) is 114 Å². The van der Waals surface area contributed by atoms with Gasteiger partial charge in [0.1, 0.15) is 48.0 Å². The second kappa shape index (κ2) is 28.2. The van der Waals surface area contributed by atoms with Crippen molar-refractivity contribution in [3.8, 4) is 5.75 Å². The Labute approximate surface area is 412 Å². The number of nitrogens with one attached hydrogen (secondary N) is 9. The van der Waals surface area contributed by atoms with Crippen LogP contribution < -0.4 is 48.3 Å². The molecule has 0 aliphatic heterocycles. The van der Waals surface area contributed by atoms with Crippen LogP contribution in [-0.4, -0.2) is 169 Å². The summed E-state index contributed by atoms with van der Waals surface area (Å²) in [5.74, 6) is -11.3. The number of hydrogen-bond acceptors (Lipinski definition) is 15. The van der Waals surface area contributed by atoms with Crippen LogP contribution in [-0.2, 0) is 60.8 Å². The molecule has 26 nitrogen and oxygen atoms in total. The van der Waals surface area contributed by atoms with E-state index in [1.807, 2.05) is 24.3 Å². The minimum absolute atomic E-state index is 0.0682. The van der Waals surface area contributed by atoms with Crippen LogP contribution in [0, 0.1) is 5.92 Å². The van der Waals surface area contributed by atoms with Crippen LogP contribution in [0.5, 0.6) is 5.75 Å². The van der Waals surface area contributed by atoms with E-state index in [0.29, 0.717) is 5.56 Å². The van der Waals surface area contributed by atoms with E-state index in [1.54, 1.807) is 20.0 Å². The zero-order chi connectivity index (χ0) is 53.8. The number of H-pyrrole nitrogens is 1. The molecule has 0 aliphatic rings. The molecule has 8 amide bonds. The summed E-state index contributed by atoms with van der Waals surface area (Å²) >= 11 is 0. The lowest BCUT2D eigenvalue weighted by Crippen LogP contribution is -2.62. The number of phenolic OH excluding ortho intramolecular Hbond substituents is 1. The summed E-state index contributed by atoms with van der Waals surface area (Å²) in [6, 6.07) is 0.539. The SMILES string of the molecule is CC(C)C[C@H](NC(=O)[C@@H](N)Cc1c[nH]c2ccccc12)C(=O)NCC(=O)N[C@@H](CCC(=O)O)C(=O)N[C@H](C(=O)N[C@@H](CO)C(=O)N[C@@H](CO)C(=O)N[C@@H](C)C(=O)N[C@@H](Cc1ccc(O)cc1)C(=O)O)[C@@H](C)O. The highest BCUT2D eigenvalue weighted by atomic mass is 16.4. The van der Waals surface area contributed by atoms with Gasteiger partial charge in [-0.25, -0.2) is 4.79 Å². The number of carboxylic acids is 2. The summed E-state index contributed by atoms with van der Waals surface area (Å²) < 4.78 is 0. The zero-order valence-electron chi connectivity index (χ0n) is 40.0. The van der Waals surface area contributed by atoms with Crippen LogP contribution in [0.15, 0.2) is 54.7 Å². The summed E-state index contributed by atoms with van der Waals surface area (Å²) in [7, 11) is 0. The number of hydrogen-bond donors (Lipinski definition) is 16. The number of benzene rings is 2. The number of nitrogens with two attached hydrogens (primary N) is 1. The smallest absolute Gasteiger partial charge is 0.326 e. The van der Waals surface area contributed by atoms with Crippen molar-refractivity contribution in [3.63, 3.8) is 0 Å². The van der Waals surface area contributed by atoms with E-state index < -0.39 is 146 Å². The van der Waals surface area contributed by atoms with Crippen LogP contribution in [0.2, 0.25) is 0 Å². The fourth-order valence-corrected chi connectivity index (χ4v) is 7.01. The highest BCUT2D eigenvalue weighted by Gasteiger charge is 2.35. The minimum atomic E-state index is -1.93. The topological polar surface area (TPSA) is 430 Å². The molecule has 1 heterocycles. The van der Waals surface area contributed by atoms with Gasteiger partial charge in [-0.05, 0) is 68.4 Å². The van der Waals surface area contributed by atoms with Crippen molar-refractivity contribution in [1.82, 2.24) is 47.5 Å². The van der Waals surface area contributed by atoms with Gasteiger partial charge >= 0.3 is 11.9 Å². The third-order valence-electron chi connectivity index (χ3n) is 10.9. The molecule has 0 spiro atoms. The Bertz CT molecular complexity index is 2390. The number of aromatic nitrogens is 1. The van der Waals surface area contributed by atoms with E-state index in [-0.39, 0.29) is 30.9 Å². The molecule has 3 rings (SSSR count). The maximum Gasteiger partial charge on any atom is 0.326 e. The molecule has 3 aromatic rings. The number of carbonyl (C=O) groups is 10. The number of fused-ring (bicyclic) bond motifs is 1. The Kier molecular flexibility index (Phi) is 23.0. The predicted molar refractivity (Wildman–Crippen MR) is 254 cm³/mol. The Morgan fingerprint density at radius 2 is 1.19 bits per heavy atom. The quantitative estimate of drug-likeness (QED) is 0.0314. The third kappa shape index (κ3) is 18.6. The van der Waals surface area contributed by atoms with Crippen molar-refractivity contribution in [1.29, 1.82) is 0 Å². The molecule has 0 radical (unpaired) electrons. The number of para-hydroxylation sites is 1. The van der Waals surface area contributed by atoms with E-state index in [0.717, 1.165) is 23.4 Å². The normalized spacial score (nSPS) is 14.9. The molecule has 0 aliphatic carbocycles. The van der Waals surface area contributed by atoms with Crippen molar-refractivity contribution in [3.05, 3.63) is 65.9 Å². The van der Waals surface area contributed by atoms with E-state index in [9.17, 15) is 78.6 Å². The van der Waals surface area contributed by atoms with Crippen molar-refractivity contribution < 1.29 is 78.6 Å². The van der Waals surface area contributed by atoms with Gasteiger partial charge in [-0.3, -0.25) is 43.2 Å². The number of aromatic amines is 1. The van der Waals surface area contributed by atoms with Crippen molar-refractivity contribution >= 4 is 70.1 Å². The van der Waals surface area contributed by atoms with Gasteiger partial charge in [0.25, 0.3) is 0 Å². The molecule has 1 aromatic heterocycles. The maximum absolute atomic E-state index is 13.5. The molecular weight excluding hydrogens is 949 g/mol. The fourth-order valence-electron chi connectivity index (χ4n) is 7.01. The van der Waals surface area contributed by atoms with Gasteiger partial charge in [0.2, 0.25) is 47.3 Å². The molecule has 0 unspecified atom stereocenters. The Hall–Kier alpha value is -7.68. The van der Waals surface area contributed by atoms with Crippen LogP contribution >= 0.6 is 0 Å². The largest absolute Gasteiger partial charge is 0.508 e. The molecule has 9 atom stereocenters. The average molecular weight is 1010 g/mol. The van der Waals surface area contributed by atoms with Crippen molar-refractivity contribution in [2.75, 3.05) is 19.8 Å². The van der Waals surface area contributed by atoms with Gasteiger partial charge in [-0.15, -0.1) is 0 Å². The molecule has 72 heavy (non-hydrogen) atoms. The zero-order valence-corrected chi connectivity index (χ0v) is 40.0. The van der Waals surface area contributed by atoms with Gasteiger partial charge in [-0.1, -0.05) is 44.2 Å². The lowest BCUT2D eigenvalue weighted by molar-refractivity contribution is -0.142. The summed E-state index contributed by atoms with van der Waals surface area (Å²) in [6.07, 6.45) is -1.15. The standard InChI is InChI=1S/C46H64N10O16/c1-22(2)15-32(52-40(65)29(47)17-26-18-48-30-8-6-5-7-28(26)30)41(66)49-19-36(61)51-31(13-14-37(62)63)42(67)56-38(24(4)59)45(70)55-35(21-58)44(69)54-34(20-57)43(68)50-23(3)39(64)53-33(46(71)72)16-25-9-11-27(60)12-10-25/h5-12,18,22-24,29,31-35,38,48,57-60H,13-17,19-21,47H2,1-4H3,(H,49,66)(H,50,68)(H,51,61)(H,52,65)(H,53,64)(H,54,69)(H,55,70)(H,56,67)(H,62,63)(H,71,72)/t23-,24+,29-,31-,32-,33-,34-,35-,38-/m0/s1. The van der Waals surface area contributed by atoms with Crippen molar-refractivity contribution in [2.24, 2.45) is 11.7 Å². The molecule has 0 fully saturated rings. The molecular formula is C46H64N10O16. The predicted octanol–water partition coefficient (Wildman–Crippen LogP) is -4.12. The summed E-state index contributed by atoms with van der Waals surface area (Å²) in [6.45, 7) is 2.84. The van der Waals surface area contributed by atoms with Gasteiger partial charge < -0.3 is 83.9 Å². The average Bonchev–Trinajstić information content (AvgIpc) is 3.73. The van der Waals surface area contributed by atoms with Gasteiger partial charge in [0.15, 0.2) is 0 Å². The highest BCUT2D eigenvalue weighted by Crippen LogP contribution is 2.19. The van der Waals surface area contributed by atoms with Crippen LogP contribution in [0.25, 0.3) is 10.9 Å². The number of amides is 8. The highest BCUT2D eigenvalue weighted by molar-refractivity contribution is 5.98. The molecule has 0 bridgehead atoms. The minimum Gasteiger partial charge on any atom is -0.508 e. The lowest BCUT2D eigenvalue weighted by Gasteiger charge is -2.27. The van der Waals surface area contributed by atoms with Crippen LogP contribution in [0.3, 0.4) is 0 Å². The number of carbonyl (C=O) groups excluding carboxylic acids is 8. The van der Waals surface area contributed by atoms with E-state index in [2.05, 4.69) is 47.5 Å². The Morgan fingerprint density at radius 3 is 1.78 bits per heavy atom. The number of carboxylic acid groups (broad SMARTS) is 2. The first-order valence-corrected chi connectivity index (χ1v) is 22.8. The first kappa shape index (κ1) is 58.6. The Morgan fingerprint density at radius 1 is 0.625 bits per heavy atom. The second-order valence-electron chi connectivity index (χ2n) is 17.3. The molecule has 0 saturated carbocycles. The van der Waals surface area contributed by atoms with Gasteiger partial charge in [-0.2, -0.15) is 0 Å². The van der Waals surface area contributed by atoms with E-state index in [4.69, 9.17) is 5.73 Å². The number of rotatable bonds is 29. The fraction of sp³-hybridized carbons (Fsp3) is 0.478. The van der Waals surface area contributed by atoms with Gasteiger partial charge in [0.05, 0.1) is 31.9 Å². The maximum atomic E-state index is 13.5. The molecule has 17 N–H and O–H groups in total. The van der Waals surface area contributed by atoms with Crippen LogP contribution in [0.4, 0.5) is 0 Å². The first-order valence-electron chi connectivity index (χ1n) is 22.8. The monoisotopic (exact) mass is 1010 g/mol. The van der Waals surface area contributed by atoms with Gasteiger partial charge in [0, 0.05) is 29.9 Å². The number of aliphatic hydroxyl groups is 3. The van der Waals surface area contributed by atoms with Crippen LogP contribution in [0.1, 0.15) is 58.1 Å². The summed E-state index contributed by atoms with van der Waals surface area (Å²) in [4.78, 5) is 132. The summed E-state index contributed by atoms with van der Waals surface area (Å²) in [5, 5.41) is 77.7. The van der Waals surface area contributed by atoms with E-state index >= 15 is 0 Å². The number of phenols is 1. The molecule has 394 valence electrons. The number of aromatic hydroxyl groups is 1. The molecule has 0 saturated heterocycles. The second-order valence-corrected chi connectivity index (χ2v) is 17.3. The van der Waals surface area contributed by atoms with E-state index in [1.165, 1.54) is 31.2 Å². The third-order valence-corrected chi connectivity index (χ3v) is 10.9. The Balaban J connectivity index is 1.60. The number of aliphatic hydroxyl groups excluding tert-OH is 3. The molecule has 26 heteroatoms. The summed E-state index contributed by atoms with van der Waals surface area (Å²) in [5.41, 5.74) is 8.30. The molecule has 2 aromatic carbocycles. The first-order chi connectivity index (χ1) is 33.9.